The normalized spacial score (nSPS) is 12.1. The van der Waals surface area contributed by atoms with Crippen molar-refractivity contribution in [3.63, 3.8) is 0 Å². The zero-order valence-electron chi connectivity index (χ0n) is 9.92. The maximum atomic E-state index is 13.9. The van der Waals surface area contributed by atoms with Gasteiger partial charge in [0.25, 0.3) is 0 Å². The number of fused-ring (bicyclic) bond motifs is 1. The van der Waals surface area contributed by atoms with Crippen LogP contribution in [0.1, 0.15) is 20.8 Å². The molecule has 0 fully saturated rings. The first kappa shape index (κ1) is 12.7. The Morgan fingerprint density at radius 1 is 1.29 bits per heavy atom. The first-order valence-corrected chi connectivity index (χ1v) is 6.49. The largest absolute Gasteiger partial charge is 0.256 e. The van der Waals surface area contributed by atoms with Crippen molar-refractivity contribution in [1.82, 2.24) is 4.98 Å². The van der Waals surface area contributed by atoms with Crippen LogP contribution in [0.5, 0.6) is 0 Å². The fraction of sp³-hybridized carbons (Fsp3) is 0.308. The lowest BCUT2D eigenvalue weighted by Crippen LogP contribution is -2.07. The standard InChI is InChI=1S/C13H13ClFNS/c1-13(2,3)17-12-6-8-9(14)4-5-16-11(8)7-10(12)15/h4-7H,1-3H3. The molecule has 90 valence electrons. The molecule has 2 rings (SSSR count). The van der Waals surface area contributed by atoms with Crippen LogP contribution in [0, 0.1) is 5.82 Å². The van der Waals surface area contributed by atoms with Crippen LogP contribution < -0.4 is 0 Å². The first-order chi connectivity index (χ1) is 7.87. The lowest BCUT2D eigenvalue weighted by molar-refractivity contribution is 0.602. The van der Waals surface area contributed by atoms with E-state index in [1.165, 1.54) is 17.8 Å². The molecule has 0 atom stereocenters. The molecule has 0 aliphatic heterocycles. The van der Waals surface area contributed by atoms with Gasteiger partial charge < -0.3 is 0 Å². The summed E-state index contributed by atoms with van der Waals surface area (Å²) in [5.41, 5.74) is 0.591. The highest BCUT2D eigenvalue weighted by atomic mass is 35.5. The van der Waals surface area contributed by atoms with E-state index in [1.54, 1.807) is 18.3 Å². The monoisotopic (exact) mass is 269 g/mol. The SMILES string of the molecule is CC(C)(C)Sc1cc2c(Cl)ccnc2cc1F. The molecular weight excluding hydrogens is 257 g/mol. The van der Waals surface area contributed by atoms with E-state index < -0.39 is 0 Å². The van der Waals surface area contributed by atoms with Gasteiger partial charge >= 0.3 is 0 Å². The molecule has 0 spiro atoms. The van der Waals surface area contributed by atoms with Crippen LogP contribution in [0.4, 0.5) is 4.39 Å². The second-order valence-electron chi connectivity index (χ2n) is 4.81. The summed E-state index contributed by atoms with van der Waals surface area (Å²) in [7, 11) is 0. The Kier molecular flexibility index (Phi) is 3.32. The van der Waals surface area contributed by atoms with E-state index in [9.17, 15) is 4.39 Å². The van der Waals surface area contributed by atoms with Crippen LogP contribution in [0.25, 0.3) is 10.9 Å². The van der Waals surface area contributed by atoms with Crippen molar-refractivity contribution in [2.45, 2.75) is 30.4 Å². The molecule has 0 saturated heterocycles. The third kappa shape index (κ3) is 2.90. The minimum absolute atomic E-state index is 0.0385. The lowest BCUT2D eigenvalue weighted by Gasteiger charge is -2.18. The molecule has 17 heavy (non-hydrogen) atoms. The molecule has 1 nitrogen and oxygen atoms in total. The predicted molar refractivity (Wildman–Crippen MR) is 72.3 cm³/mol. The molecule has 0 saturated carbocycles. The smallest absolute Gasteiger partial charge is 0.138 e. The Balaban J connectivity index is 2.58. The molecule has 4 heteroatoms. The van der Waals surface area contributed by atoms with E-state index in [1.807, 2.05) is 20.8 Å². The van der Waals surface area contributed by atoms with E-state index in [-0.39, 0.29) is 10.6 Å². The van der Waals surface area contributed by atoms with Gasteiger partial charge in [-0.15, -0.1) is 11.8 Å². The van der Waals surface area contributed by atoms with Gasteiger partial charge in [-0.25, -0.2) is 4.39 Å². The van der Waals surface area contributed by atoms with Crippen molar-refractivity contribution >= 4 is 34.3 Å². The number of nitrogens with zero attached hydrogens (tertiary/aromatic N) is 1. The molecule has 0 amide bonds. The Bertz CT molecular complexity index is 563. The van der Waals surface area contributed by atoms with Gasteiger partial charge in [-0.2, -0.15) is 0 Å². The number of hydrogen-bond acceptors (Lipinski definition) is 2. The summed E-state index contributed by atoms with van der Waals surface area (Å²) in [6.07, 6.45) is 1.58. The van der Waals surface area contributed by atoms with Crippen LogP contribution in [0.3, 0.4) is 0 Å². The van der Waals surface area contributed by atoms with Crippen molar-refractivity contribution in [3.8, 4) is 0 Å². The molecule has 0 aliphatic carbocycles. The maximum absolute atomic E-state index is 13.9. The summed E-state index contributed by atoms with van der Waals surface area (Å²) >= 11 is 7.57. The molecule has 1 aromatic carbocycles. The van der Waals surface area contributed by atoms with Gasteiger partial charge in [-0.1, -0.05) is 32.4 Å². The van der Waals surface area contributed by atoms with E-state index in [0.29, 0.717) is 15.4 Å². The molecular formula is C13H13ClFNS. The zero-order chi connectivity index (χ0) is 12.6. The molecule has 0 aliphatic rings. The minimum Gasteiger partial charge on any atom is -0.256 e. The molecule has 0 bridgehead atoms. The van der Waals surface area contributed by atoms with Crippen molar-refractivity contribution in [2.75, 3.05) is 0 Å². The van der Waals surface area contributed by atoms with Gasteiger partial charge in [-0.3, -0.25) is 4.98 Å². The molecule has 2 aromatic rings. The quantitative estimate of drug-likeness (QED) is 0.682. The third-order valence-corrected chi connectivity index (χ3v) is 3.63. The van der Waals surface area contributed by atoms with Crippen molar-refractivity contribution in [1.29, 1.82) is 0 Å². The lowest BCUT2D eigenvalue weighted by atomic mass is 10.2. The Morgan fingerprint density at radius 3 is 2.65 bits per heavy atom. The molecule has 1 heterocycles. The fourth-order valence-electron chi connectivity index (χ4n) is 1.52. The van der Waals surface area contributed by atoms with Gasteiger partial charge in [0.2, 0.25) is 0 Å². The second-order valence-corrected chi connectivity index (χ2v) is 7.08. The summed E-state index contributed by atoms with van der Waals surface area (Å²) < 4.78 is 13.8. The van der Waals surface area contributed by atoms with Crippen LogP contribution in [0.2, 0.25) is 5.02 Å². The molecule has 0 N–H and O–H groups in total. The minimum atomic E-state index is -0.243. The average molecular weight is 270 g/mol. The van der Waals surface area contributed by atoms with E-state index in [0.717, 1.165) is 5.39 Å². The van der Waals surface area contributed by atoms with Crippen LogP contribution in [-0.2, 0) is 0 Å². The highest BCUT2D eigenvalue weighted by Gasteiger charge is 2.16. The Labute approximate surface area is 109 Å². The Hall–Kier alpha value is -0.800. The summed E-state index contributed by atoms with van der Waals surface area (Å²) in [6, 6.07) is 4.93. The van der Waals surface area contributed by atoms with E-state index >= 15 is 0 Å². The average Bonchev–Trinajstić information content (AvgIpc) is 2.18. The topological polar surface area (TPSA) is 12.9 Å². The van der Waals surface area contributed by atoms with Gasteiger partial charge in [0.15, 0.2) is 0 Å². The molecule has 0 radical (unpaired) electrons. The number of rotatable bonds is 1. The van der Waals surface area contributed by atoms with Gasteiger partial charge in [0.05, 0.1) is 10.5 Å². The predicted octanol–water partition coefficient (Wildman–Crippen LogP) is 4.92. The number of benzene rings is 1. The first-order valence-electron chi connectivity index (χ1n) is 5.29. The molecule has 1 aromatic heterocycles. The number of pyridine rings is 1. The third-order valence-electron chi connectivity index (χ3n) is 2.16. The van der Waals surface area contributed by atoms with Gasteiger partial charge in [0, 0.05) is 27.3 Å². The Morgan fingerprint density at radius 2 is 2.00 bits per heavy atom. The van der Waals surface area contributed by atoms with Crippen molar-refractivity contribution < 1.29 is 4.39 Å². The number of aromatic nitrogens is 1. The van der Waals surface area contributed by atoms with Crippen molar-refractivity contribution in [2.24, 2.45) is 0 Å². The summed E-state index contributed by atoms with van der Waals surface area (Å²) in [5.74, 6) is -0.243. The molecule has 0 unspecified atom stereocenters. The summed E-state index contributed by atoms with van der Waals surface area (Å²) in [4.78, 5) is 4.72. The van der Waals surface area contributed by atoms with Crippen molar-refractivity contribution in [3.05, 3.63) is 35.2 Å². The van der Waals surface area contributed by atoms with Crippen LogP contribution in [-0.4, -0.2) is 9.73 Å². The highest BCUT2D eigenvalue weighted by molar-refractivity contribution is 8.00. The summed E-state index contributed by atoms with van der Waals surface area (Å²) in [6.45, 7) is 6.14. The van der Waals surface area contributed by atoms with Gasteiger partial charge in [0.1, 0.15) is 5.82 Å². The van der Waals surface area contributed by atoms with Crippen LogP contribution in [0.15, 0.2) is 29.3 Å². The van der Waals surface area contributed by atoms with Crippen LogP contribution >= 0.6 is 23.4 Å². The van der Waals surface area contributed by atoms with E-state index in [4.69, 9.17) is 11.6 Å². The number of thioether (sulfide) groups is 1. The van der Waals surface area contributed by atoms with E-state index in [2.05, 4.69) is 4.98 Å². The second kappa shape index (κ2) is 4.46. The number of halogens is 2. The maximum Gasteiger partial charge on any atom is 0.138 e. The highest BCUT2D eigenvalue weighted by Crippen LogP contribution is 2.36. The summed E-state index contributed by atoms with van der Waals surface area (Å²) in [5, 5.41) is 1.40. The fourth-order valence-corrected chi connectivity index (χ4v) is 2.72. The van der Waals surface area contributed by atoms with Gasteiger partial charge in [-0.05, 0) is 12.1 Å². The number of hydrogen-bond donors (Lipinski definition) is 0. The zero-order valence-corrected chi connectivity index (χ0v) is 11.5.